The SMILES string of the molecule is C.CCNC(=O)OCC(COC(=O)NCC)OCCCC(=O)NC.CCNC(=O)OCC(COC(=O)NCC)OCCCC(=O)NC. The number of nitrogens with one attached hydrogen (secondary N) is 6. The van der Waals surface area contributed by atoms with Crippen LogP contribution in [0.1, 0.15) is 60.8 Å². The highest BCUT2D eigenvalue weighted by Crippen LogP contribution is 2.01. The molecule has 0 aromatic carbocycles. The van der Waals surface area contributed by atoms with E-state index in [1.54, 1.807) is 41.8 Å². The summed E-state index contributed by atoms with van der Waals surface area (Å²) in [7, 11) is 3.12. The molecule has 18 heteroatoms. The predicted octanol–water partition coefficient (Wildman–Crippen LogP) is 1.42. The molecule has 0 aromatic rings. The van der Waals surface area contributed by atoms with E-state index in [0.717, 1.165) is 0 Å². The molecule has 0 bridgehead atoms. The Bertz CT molecular complexity index is 754. The Labute approximate surface area is 278 Å². The molecule has 0 fully saturated rings. The molecule has 0 aliphatic carbocycles. The van der Waals surface area contributed by atoms with Gasteiger partial charge in [-0.05, 0) is 40.5 Å². The van der Waals surface area contributed by atoms with Gasteiger partial charge in [-0.3, -0.25) is 9.59 Å². The first kappa shape index (κ1) is 47.3. The zero-order valence-electron chi connectivity index (χ0n) is 28.0. The van der Waals surface area contributed by atoms with Crippen LogP contribution in [0, 0.1) is 0 Å². The molecule has 6 N–H and O–H groups in total. The lowest BCUT2D eigenvalue weighted by Crippen LogP contribution is -2.34. The van der Waals surface area contributed by atoms with Crippen molar-refractivity contribution < 1.29 is 57.2 Å². The maximum Gasteiger partial charge on any atom is 0.407 e. The van der Waals surface area contributed by atoms with Crippen LogP contribution in [0.3, 0.4) is 0 Å². The van der Waals surface area contributed by atoms with E-state index in [-0.39, 0.29) is 58.9 Å². The summed E-state index contributed by atoms with van der Waals surface area (Å²) in [6, 6.07) is 0. The van der Waals surface area contributed by atoms with Crippen LogP contribution in [0.2, 0.25) is 0 Å². The number of carbonyl (C=O) groups excluding carboxylic acids is 6. The van der Waals surface area contributed by atoms with Crippen molar-refractivity contribution >= 4 is 36.2 Å². The third-order valence-electron chi connectivity index (χ3n) is 5.25. The van der Waals surface area contributed by atoms with Crippen LogP contribution >= 0.6 is 0 Å². The van der Waals surface area contributed by atoms with Crippen molar-refractivity contribution in [1.29, 1.82) is 0 Å². The van der Waals surface area contributed by atoms with Crippen molar-refractivity contribution in [3.05, 3.63) is 0 Å². The molecule has 0 spiro atoms. The number of hydrogen-bond acceptors (Lipinski definition) is 12. The zero-order chi connectivity index (χ0) is 35.0. The fourth-order valence-electron chi connectivity index (χ4n) is 2.96. The van der Waals surface area contributed by atoms with Crippen molar-refractivity contribution in [2.24, 2.45) is 0 Å². The smallest absolute Gasteiger partial charge is 0.407 e. The summed E-state index contributed by atoms with van der Waals surface area (Å²) in [5.74, 6) is -0.162. The molecule has 0 saturated carbocycles. The number of hydrogen-bond donors (Lipinski definition) is 6. The van der Waals surface area contributed by atoms with E-state index >= 15 is 0 Å². The first-order chi connectivity index (χ1) is 22.1. The van der Waals surface area contributed by atoms with E-state index in [1.165, 1.54) is 0 Å². The van der Waals surface area contributed by atoms with E-state index in [2.05, 4.69) is 31.9 Å². The summed E-state index contributed by atoms with van der Waals surface area (Å²) in [6.45, 7) is 9.25. The molecule has 6 amide bonds. The average molecular weight is 683 g/mol. The lowest BCUT2D eigenvalue weighted by atomic mass is 10.3. The van der Waals surface area contributed by atoms with E-state index in [0.29, 0.717) is 51.9 Å². The molecule has 0 aromatic heterocycles. The second-order valence-electron chi connectivity index (χ2n) is 9.05. The maximum atomic E-state index is 11.3. The van der Waals surface area contributed by atoms with Crippen molar-refractivity contribution in [1.82, 2.24) is 31.9 Å². The van der Waals surface area contributed by atoms with Gasteiger partial charge < -0.3 is 60.3 Å². The largest absolute Gasteiger partial charge is 0.447 e. The normalized spacial score (nSPS) is 9.87. The van der Waals surface area contributed by atoms with Crippen LogP contribution in [-0.2, 0) is 38.0 Å². The number of rotatable bonds is 22. The summed E-state index contributed by atoms with van der Waals surface area (Å²) in [5.41, 5.74) is 0. The quantitative estimate of drug-likeness (QED) is 0.0704. The molecule has 276 valence electrons. The number of carbonyl (C=O) groups is 6. The van der Waals surface area contributed by atoms with Crippen LogP contribution in [0.5, 0.6) is 0 Å². The highest BCUT2D eigenvalue weighted by molar-refractivity contribution is 5.75. The Morgan fingerprint density at radius 2 is 0.745 bits per heavy atom. The van der Waals surface area contributed by atoms with E-state index in [9.17, 15) is 28.8 Å². The van der Waals surface area contributed by atoms with Gasteiger partial charge in [-0.2, -0.15) is 0 Å². The average Bonchev–Trinajstić information content (AvgIpc) is 3.03. The van der Waals surface area contributed by atoms with Crippen LogP contribution in [-0.4, -0.2) is 128 Å². The molecule has 0 heterocycles. The summed E-state index contributed by atoms with van der Waals surface area (Å²) in [4.78, 5) is 67.4. The summed E-state index contributed by atoms with van der Waals surface area (Å²) in [5, 5.41) is 15.0. The molecule has 0 radical (unpaired) electrons. The molecule has 0 aliphatic heterocycles. The number of amides is 6. The Morgan fingerprint density at radius 1 is 0.489 bits per heavy atom. The number of ether oxygens (including phenoxy) is 6. The minimum Gasteiger partial charge on any atom is -0.447 e. The van der Waals surface area contributed by atoms with Gasteiger partial charge in [-0.25, -0.2) is 19.2 Å². The Kier molecular flexibility index (Phi) is 33.6. The van der Waals surface area contributed by atoms with Gasteiger partial charge in [0.25, 0.3) is 0 Å². The van der Waals surface area contributed by atoms with Gasteiger partial charge in [-0.15, -0.1) is 0 Å². The molecule has 0 atom stereocenters. The van der Waals surface area contributed by atoms with Gasteiger partial charge in [0.1, 0.15) is 38.6 Å². The Morgan fingerprint density at radius 3 is 0.957 bits per heavy atom. The minimum atomic E-state index is -0.593. The standard InChI is InChI=1S/2C14H27N3O6.CH4/c2*1-4-16-13(19)22-9-11(10-23-14(20)17-5-2)21-8-6-7-12(18)15-3;/h2*11H,4-10H2,1-3H3,(H,15,18)(H,16,19)(H,17,20);1H4. The monoisotopic (exact) mass is 682 g/mol. The van der Waals surface area contributed by atoms with Gasteiger partial charge >= 0.3 is 24.4 Å². The topological polar surface area (TPSA) is 230 Å². The number of alkyl carbamates (subject to hydrolysis) is 4. The van der Waals surface area contributed by atoms with E-state index < -0.39 is 36.6 Å². The molecular formula is C29H58N6O12. The molecule has 18 nitrogen and oxygen atoms in total. The van der Waals surface area contributed by atoms with Crippen molar-refractivity contribution in [3.63, 3.8) is 0 Å². The highest BCUT2D eigenvalue weighted by Gasteiger charge is 2.17. The van der Waals surface area contributed by atoms with Crippen molar-refractivity contribution in [3.8, 4) is 0 Å². The fraction of sp³-hybridized carbons (Fsp3) is 0.793. The molecule has 0 aliphatic rings. The molecule has 0 rings (SSSR count). The summed E-state index contributed by atoms with van der Waals surface area (Å²) in [6.07, 6.45) is -1.76. The van der Waals surface area contributed by atoms with Gasteiger partial charge in [0.15, 0.2) is 0 Å². The fourth-order valence-corrected chi connectivity index (χ4v) is 2.96. The lowest BCUT2D eigenvalue weighted by Gasteiger charge is -2.18. The summed E-state index contributed by atoms with van der Waals surface area (Å²) < 4.78 is 30.9. The highest BCUT2D eigenvalue weighted by atomic mass is 16.6. The third-order valence-corrected chi connectivity index (χ3v) is 5.25. The molecule has 0 unspecified atom stereocenters. The second kappa shape index (κ2) is 33.3. The van der Waals surface area contributed by atoms with Gasteiger partial charge in [0.2, 0.25) is 11.8 Å². The first-order valence-electron chi connectivity index (χ1n) is 15.3. The first-order valence-corrected chi connectivity index (χ1v) is 15.3. The molecule has 0 saturated heterocycles. The van der Waals surface area contributed by atoms with Crippen LogP contribution in [0.25, 0.3) is 0 Å². The Balaban J connectivity index is -0.000000807. The zero-order valence-corrected chi connectivity index (χ0v) is 28.0. The molecule has 47 heavy (non-hydrogen) atoms. The molecular weight excluding hydrogens is 624 g/mol. The van der Waals surface area contributed by atoms with Crippen molar-refractivity contribution in [2.45, 2.75) is 73.0 Å². The van der Waals surface area contributed by atoms with Gasteiger partial charge in [-0.1, -0.05) is 7.43 Å². The van der Waals surface area contributed by atoms with E-state index in [4.69, 9.17) is 28.4 Å². The maximum absolute atomic E-state index is 11.3. The van der Waals surface area contributed by atoms with Gasteiger partial charge in [0.05, 0.1) is 0 Å². The minimum absolute atomic E-state index is 0. The summed E-state index contributed by atoms with van der Waals surface area (Å²) >= 11 is 0. The van der Waals surface area contributed by atoms with Crippen LogP contribution in [0.15, 0.2) is 0 Å². The van der Waals surface area contributed by atoms with Crippen LogP contribution in [0.4, 0.5) is 19.2 Å². The van der Waals surface area contributed by atoms with Gasteiger partial charge in [0, 0.05) is 66.3 Å². The predicted molar refractivity (Wildman–Crippen MR) is 173 cm³/mol. The Hall–Kier alpha value is -4.06. The van der Waals surface area contributed by atoms with Crippen LogP contribution < -0.4 is 31.9 Å². The third kappa shape index (κ3) is 31.7. The second-order valence-corrected chi connectivity index (χ2v) is 9.05. The van der Waals surface area contributed by atoms with E-state index in [1.807, 2.05) is 0 Å². The lowest BCUT2D eigenvalue weighted by molar-refractivity contribution is -0.122. The van der Waals surface area contributed by atoms with Crippen molar-refractivity contribution in [2.75, 3.05) is 79.9 Å².